The van der Waals surface area contributed by atoms with Crippen LogP contribution in [-0.2, 0) is 17.9 Å². The van der Waals surface area contributed by atoms with Crippen LogP contribution in [0.25, 0.3) is 22.5 Å². The van der Waals surface area contributed by atoms with Gasteiger partial charge in [-0.3, -0.25) is 14.8 Å². The maximum absolute atomic E-state index is 13.4. The van der Waals surface area contributed by atoms with Gasteiger partial charge in [-0.2, -0.15) is 5.10 Å². The van der Waals surface area contributed by atoms with E-state index in [1.54, 1.807) is 29.1 Å². The Labute approximate surface area is 171 Å². The number of aromatic nitrogens is 3. The number of carbonyl (C=O) groups is 1. The second-order valence-corrected chi connectivity index (χ2v) is 7.10. The molecule has 0 spiro atoms. The van der Waals surface area contributed by atoms with Crippen LogP contribution in [0.15, 0.2) is 59.3 Å². The lowest BCUT2D eigenvalue weighted by Gasteiger charge is -2.19. The molecule has 0 fully saturated rings. The van der Waals surface area contributed by atoms with E-state index in [2.05, 4.69) is 15.6 Å². The average molecular weight is 404 g/mol. The van der Waals surface area contributed by atoms with Crippen molar-refractivity contribution in [1.29, 1.82) is 0 Å². The van der Waals surface area contributed by atoms with Crippen LogP contribution in [0.2, 0.25) is 0 Å². The van der Waals surface area contributed by atoms with E-state index < -0.39 is 0 Å². The molecule has 0 aliphatic carbocycles. The van der Waals surface area contributed by atoms with Gasteiger partial charge in [0.15, 0.2) is 0 Å². The van der Waals surface area contributed by atoms with Crippen molar-refractivity contribution >= 4 is 11.8 Å². The molecule has 2 aromatic heterocycles. The number of benzene rings is 2. The van der Waals surface area contributed by atoms with Gasteiger partial charge in [0.1, 0.15) is 30.4 Å². The van der Waals surface area contributed by atoms with Crippen molar-refractivity contribution in [1.82, 2.24) is 14.9 Å². The molecule has 0 radical (unpaired) electrons. The van der Waals surface area contributed by atoms with E-state index in [9.17, 15) is 9.18 Å². The van der Waals surface area contributed by atoms with Crippen molar-refractivity contribution in [2.24, 2.45) is 0 Å². The quantitative estimate of drug-likeness (QED) is 0.552. The van der Waals surface area contributed by atoms with E-state index in [0.717, 1.165) is 28.1 Å². The smallest absolute Gasteiger partial charge is 0.248 e. The van der Waals surface area contributed by atoms with Crippen LogP contribution < -0.4 is 10.1 Å². The number of rotatable bonds is 4. The molecule has 0 saturated carbocycles. The Hall–Kier alpha value is -3.94. The number of nitrogens with one attached hydrogen (secondary N) is 1. The highest BCUT2D eigenvalue weighted by Crippen LogP contribution is 2.38. The van der Waals surface area contributed by atoms with Crippen LogP contribution in [0, 0.1) is 12.7 Å². The Balaban J connectivity index is 1.35. The number of anilines is 1. The maximum atomic E-state index is 13.4. The predicted molar refractivity (Wildman–Crippen MR) is 107 cm³/mol. The van der Waals surface area contributed by atoms with Gasteiger partial charge in [0.05, 0.1) is 11.9 Å². The molecule has 150 valence electrons. The van der Waals surface area contributed by atoms with E-state index in [4.69, 9.17) is 9.26 Å². The Kier molecular flexibility index (Phi) is 4.31. The molecule has 30 heavy (non-hydrogen) atoms. The summed E-state index contributed by atoms with van der Waals surface area (Å²) in [6.45, 7) is 2.41. The van der Waals surface area contributed by atoms with Crippen molar-refractivity contribution < 1.29 is 18.4 Å². The van der Waals surface area contributed by atoms with Gasteiger partial charge in [0, 0.05) is 22.8 Å². The first-order chi connectivity index (χ1) is 14.6. The number of fused-ring (bicyclic) bond motifs is 3. The topological polar surface area (TPSA) is 82.2 Å². The van der Waals surface area contributed by atoms with Crippen LogP contribution in [0.1, 0.15) is 11.1 Å². The van der Waals surface area contributed by atoms with E-state index >= 15 is 0 Å². The fourth-order valence-electron chi connectivity index (χ4n) is 3.50. The highest BCUT2D eigenvalue weighted by atomic mass is 19.1. The third kappa shape index (κ3) is 3.32. The molecule has 0 atom stereocenters. The average Bonchev–Trinajstić information content (AvgIpc) is 3.35. The van der Waals surface area contributed by atoms with E-state index in [0.29, 0.717) is 17.9 Å². The van der Waals surface area contributed by atoms with Crippen molar-refractivity contribution in [3.8, 4) is 28.3 Å². The molecule has 0 saturated heterocycles. The summed E-state index contributed by atoms with van der Waals surface area (Å²) in [5.74, 6) is 0.262. The van der Waals surface area contributed by atoms with Gasteiger partial charge in [0.25, 0.3) is 0 Å². The minimum Gasteiger partial charge on any atom is -0.488 e. The largest absolute Gasteiger partial charge is 0.488 e. The van der Waals surface area contributed by atoms with Gasteiger partial charge >= 0.3 is 0 Å². The molecule has 2 aromatic carbocycles. The SMILES string of the molecule is Cc1ccc2c(c1)-c1c(cnn1CC(=O)Nc1cc(-c3cccc(F)c3)no1)CO2. The number of ether oxygens (including phenoxy) is 1. The van der Waals surface area contributed by atoms with Crippen LogP contribution >= 0.6 is 0 Å². The predicted octanol–water partition coefficient (Wildman–Crippen LogP) is 4.18. The number of halogens is 1. The summed E-state index contributed by atoms with van der Waals surface area (Å²) in [4.78, 5) is 12.6. The lowest BCUT2D eigenvalue weighted by Crippen LogP contribution is -2.20. The molecule has 7 nitrogen and oxygen atoms in total. The molecule has 1 N–H and O–H groups in total. The van der Waals surface area contributed by atoms with Crippen LogP contribution in [-0.4, -0.2) is 20.8 Å². The first-order valence-electron chi connectivity index (χ1n) is 9.38. The maximum Gasteiger partial charge on any atom is 0.248 e. The Bertz CT molecular complexity index is 1260. The third-order valence-corrected chi connectivity index (χ3v) is 4.88. The molecule has 8 heteroatoms. The highest BCUT2D eigenvalue weighted by molar-refractivity contribution is 5.90. The Morgan fingerprint density at radius 1 is 1.23 bits per heavy atom. The summed E-state index contributed by atoms with van der Waals surface area (Å²) in [7, 11) is 0. The molecule has 1 aliphatic rings. The fraction of sp³-hybridized carbons (Fsp3) is 0.136. The van der Waals surface area contributed by atoms with Gasteiger partial charge in [0.2, 0.25) is 11.8 Å². The number of hydrogen-bond donors (Lipinski definition) is 1. The summed E-state index contributed by atoms with van der Waals surface area (Å²) in [5, 5.41) is 10.9. The van der Waals surface area contributed by atoms with Gasteiger partial charge in [-0.1, -0.05) is 28.9 Å². The number of nitrogens with zero attached hydrogens (tertiary/aromatic N) is 3. The van der Waals surface area contributed by atoms with Gasteiger partial charge in [-0.15, -0.1) is 0 Å². The standard InChI is InChI=1S/C22H17FN4O3/c1-13-5-6-19-17(7-13)22-15(12-29-19)10-24-27(22)11-20(28)25-21-9-18(26-30-21)14-3-2-4-16(23)8-14/h2-10H,11-12H2,1H3,(H,25,28). The summed E-state index contributed by atoms with van der Waals surface area (Å²) in [5.41, 5.74) is 4.79. The second kappa shape index (κ2) is 7.14. The van der Waals surface area contributed by atoms with E-state index in [1.807, 2.05) is 25.1 Å². The highest BCUT2D eigenvalue weighted by Gasteiger charge is 2.23. The van der Waals surface area contributed by atoms with Crippen LogP contribution in [0.3, 0.4) is 0 Å². The third-order valence-electron chi connectivity index (χ3n) is 4.88. The normalized spacial score (nSPS) is 12.1. The lowest BCUT2D eigenvalue weighted by molar-refractivity contribution is -0.117. The summed E-state index contributed by atoms with van der Waals surface area (Å²) in [6.07, 6.45) is 1.71. The zero-order chi connectivity index (χ0) is 20.7. The summed E-state index contributed by atoms with van der Waals surface area (Å²) < 4.78 is 26.0. The van der Waals surface area contributed by atoms with Gasteiger partial charge < -0.3 is 9.26 Å². The number of amides is 1. The molecule has 4 aromatic rings. The summed E-state index contributed by atoms with van der Waals surface area (Å²) >= 11 is 0. The molecular weight excluding hydrogens is 387 g/mol. The Morgan fingerprint density at radius 3 is 3.00 bits per heavy atom. The van der Waals surface area contributed by atoms with Crippen molar-refractivity contribution in [3.05, 3.63) is 71.7 Å². The van der Waals surface area contributed by atoms with Gasteiger partial charge in [-0.25, -0.2) is 4.39 Å². The Morgan fingerprint density at radius 2 is 2.13 bits per heavy atom. The molecule has 0 unspecified atom stereocenters. The van der Waals surface area contributed by atoms with Crippen LogP contribution in [0.5, 0.6) is 5.75 Å². The number of carbonyl (C=O) groups excluding carboxylic acids is 1. The van der Waals surface area contributed by atoms with Crippen molar-refractivity contribution in [2.45, 2.75) is 20.1 Å². The molecule has 5 rings (SSSR count). The van der Waals surface area contributed by atoms with Crippen molar-refractivity contribution in [2.75, 3.05) is 5.32 Å². The zero-order valence-electron chi connectivity index (χ0n) is 16.1. The first-order valence-corrected chi connectivity index (χ1v) is 9.38. The zero-order valence-corrected chi connectivity index (χ0v) is 16.1. The molecular formula is C22H17FN4O3. The minimum absolute atomic E-state index is 0.00128. The lowest BCUT2D eigenvalue weighted by atomic mass is 10.0. The van der Waals surface area contributed by atoms with E-state index in [-0.39, 0.29) is 24.2 Å². The number of hydrogen-bond acceptors (Lipinski definition) is 5. The number of aryl methyl sites for hydroxylation is 1. The molecule has 3 heterocycles. The second-order valence-electron chi connectivity index (χ2n) is 7.10. The van der Waals surface area contributed by atoms with Crippen molar-refractivity contribution in [3.63, 3.8) is 0 Å². The first kappa shape index (κ1) is 18.1. The summed E-state index contributed by atoms with van der Waals surface area (Å²) in [6, 6.07) is 13.5. The molecule has 1 amide bonds. The fourth-order valence-corrected chi connectivity index (χ4v) is 3.50. The van der Waals surface area contributed by atoms with Gasteiger partial charge in [-0.05, 0) is 31.2 Å². The monoisotopic (exact) mass is 404 g/mol. The van der Waals surface area contributed by atoms with Crippen LogP contribution in [0.4, 0.5) is 10.3 Å². The molecule has 1 aliphatic heterocycles. The molecule has 0 bridgehead atoms. The van der Waals surface area contributed by atoms with E-state index in [1.165, 1.54) is 12.1 Å². The minimum atomic E-state index is -0.371.